The van der Waals surface area contributed by atoms with E-state index < -0.39 is 9.84 Å². The fourth-order valence-corrected chi connectivity index (χ4v) is 4.86. The number of rotatable bonds is 9. The molecule has 0 saturated heterocycles. The molecule has 0 aliphatic rings. The summed E-state index contributed by atoms with van der Waals surface area (Å²) in [5.74, 6) is 0.530. The van der Waals surface area contributed by atoms with Gasteiger partial charge in [-0.1, -0.05) is 19.9 Å². The third kappa shape index (κ3) is 7.00. The molecule has 0 bridgehead atoms. The Labute approximate surface area is 220 Å². The summed E-state index contributed by atoms with van der Waals surface area (Å²) >= 11 is 1.36. The fraction of sp³-hybridized carbons (Fsp3) is 0.222. The number of ether oxygens (including phenoxy) is 1. The molecule has 2 aromatic carbocycles. The lowest BCUT2D eigenvalue weighted by Crippen LogP contribution is -2.22. The van der Waals surface area contributed by atoms with Crippen LogP contribution in [0.5, 0.6) is 11.5 Å². The lowest BCUT2D eigenvalue weighted by atomic mass is 10.0. The first-order chi connectivity index (χ1) is 17.6. The van der Waals surface area contributed by atoms with E-state index >= 15 is 0 Å². The van der Waals surface area contributed by atoms with Gasteiger partial charge in [0.15, 0.2) is 15.0 Å². The molecule has 37 heavy (non-hydrogen) atoms. The van der Waals surface area contributed by atoms with E-state index in [2.05, 4.69) is 34.4 Å². The van der Waals surface area contributed by atoms with Crippen LogP contribution in [0.2, 0.25) is 0 Å². The highest BCUT2D eigenvalue weighted by molar-refractivity contribution is 7.90. The molecule has 192 valence electrons. The zero-order valence-corrected chi connectivity index (χ0v) is 22.6. The van der Waals surface area contributed by atoms with E-state index in [0.29, 0.717) is 34.8 Å². The second-order valence-corrected chi connectivity index (χ2v) is 11.8. The van der Waals surface area contributed by atoms with Crippen LogP contribution in [0.25, 0.3) is 11.3 Å². The maximum atomic E-state index is 13.2. The van der Waals surface area contributed by atoms with E-state index in [0.717, 1.165) is 28.8 Å². The zero-order valence-electron chi connectivity index (χ0n) is 21.0. The first-order valence-corrected chi connectivity index (χ1v) is 14.4. The summed E-state index contributed by atoms with van der Waals surface area (Å²) in [4.78, 5) is 22.4. The Morgan fingerprint density at radius 2 is 1.84 bits per heavy atom. The number of nitrogens with zero attached hydrogens (tertiary/aromatic N) is 2. The van der Waals surface area contributed by atoms with Gasteiger partial charge in [0.2, 0.25) is 0 Å². The molecular weight excluding hydrogens is 508 g/mol. The maximum Gasteiger partial charge on any atom is 0.257 e. The first-order valence-electron chi connectivity index (χ1n) is 11.6. The molecule has 0 radical (unpaired) electrons. The number of nitrogens with one attached hydrogen (secondary N) is 2. The molecule has 0 unspecified atom stereocenters. The number of anilines is 1. The molecule has 0 spiro atoms. The highest BCUT2D eigenvalue weighted by Crippen LogP contribution is 2.31. The Bertz CT molecular complexity index is 1510. The Balaban J connectivity index is 1.63. The molecule has 0 aliphatic heterocycles. The number of sulfone groups is 1. The Hall–Kier alpha value is -3.60. The third-order valence-corrected chi connectivity index (χ3v) is 7.34. The van der Waals surface area contributed by atoms with Crippen molar-refractivity contribution in [2.24, 2.45) is 0 Å². The number of aromatic nitrogens is 2. The maximum absolute atomic E-state index is 13.2. The van der Waals surface area contributed by atoms with Crippen LogP contribution in [-0.2, 0) is 16.4 Å². The molecule has 0 saturated carbocycles. The predicted octanol–water partition coefficient (Wildman–Crippen LogP) is 5.46. The van der Waals surface area contributed by atoms with Gasteiger partial charge in [-0.3, -0.25) is 15.1 Å². The molecule has 2 heterocycles. The molecule has 4 aromatic rings. The monoisotopic (exact) mass is 536 g/mol. The van der Waals surface area contributed by atoms with Crippen LogP contribution in [0, 0.1) is 6.92 Å². The van der Waals surface area contributed by atoms with Gasteiger partial charge in [0, 0.05) is 41.5 Å². The van der Waals surface area contributed by atoms with E-state index in [1.165, 1.54) is 23.5 Å². The van der Waals surface area contributed by atoms with Crippen molar-refractivity contribution >= 4 is 32.2 Å². The summed E-state index contributed by atoms with van der Waals surface area (Å²) < 4.78 is 29.6. The topological polar surface area (TPSA) is 110 Å². The minimum atomic E-state index is -3.32. The number of carbonyl (C=O) groups excluding carboxylic acids is 1. The predicted molar refractivity (Wildman–Crippen MR) is 146 cm³/mol. The van der Waals surface area contributed by atoms with Gasteiger partial charge >= 0.3 is 0 Å². The summed E-state index contributed by atoms with van der Waals surface area (Å²) in [7, 11) is -3.32. The quantitative estimate of drug-likeness (QED) is 0.292. The highest BCUT2D eigenvalue weighted by atomic mass is 32.2. The average Bonchev–Trinajstić information content (AvgIpc) is 3.30. The number of pyridine rings is 1. The Morgan fingerprint density at radius 3 is 2.51 bits per heavy atom. The minimum Gasteiger partial charge on any atom is -0.457 e. The number of benzene rings is 2. The molecule has 10 heteroatoms. The van der Waals surface area contributed by atoms with Gasteiger partial charge in [-0.25, -0.2) is 13.4 Å². The van der Waals surface area contributed by atoms with Gasteiger partial charge in [0.1, 0.15) is 11.5 Å². The summed E-state index contributed by atoms with van der Waals surface area (Å²) in [6.45, 7) is 6.69. The zero-order chi connectivity index (χ0) is 26.6. The molecule has 0 fully saturated rings. The second-order valence-electron chi connectivity index (χ2n) is 8.89. The summed E-state index contributed by atoms with van der Waals surface area (Å²) in [6.07, 6.45) is 2.85. The highest BCUT2D eigenvalue weighted by Gasteiger charge is 2.15. The lowest BCUT2D eigenvalue weighted by molar-refractivity contribution is 0.102. The fourth-order valence-electron chi connectivity index (χ4n) is 3.53. The molecule has 1 amide bonds. The Kier molecular flexibility index (Phi) is 8.01. The number of hydrogen-bond donors (Lipinski definition) is 2. The number of thiazole rings is 1. The third-order valence-electron chi connectivity index (χ3n) is 5.40. The normalized spacial score (nSPS) is 11.5. The first kappa shape index (κ1) is 26.5. The molecule has 4 rings (SSSR count). The standard InChI is InChI=1S/C27H28N4O4S2/c1-17(2)29-15-21-16-36-27(30-21)31-26(32)20-12-19(25-18(3)6-5-11-28-25)13-23(14-20)35-22-7-9-24(10-8-22)37(4,33)34/h5-14,16-17,29H,15H2,1-4H3,(H,30,31,32). The second kappa shape index (κ2) is 11.2. The molecule has 2 N–H and O–H groups in total. The van der Waals surface area contributed by atoms with Crippen LogP contribution in [0.4, 0.5) is 5.13 Å². The van der Waals surface area contributed by atoms with E-state index in [-0.39, 0.29) is 10.8 Å². The van der Waals surface area contributed by atoms with Gasteiger partial charge in [-0.15, -0.1) is 11.3 Å². The van der Waals surface area contributed by atoms with Gasteiger partial charge < -0.3 is 10.1 Å². The van der Waals surface area contributed by atoms with E-state index in [1.807, 2.05) is 24.4 Å². The number of hydrogen-bond acceptors (Lipinski definition) is 8. The van der Waals surface area contributed by atoms with E-state index in [1.54, 1.807) is 36.5 Å². The molecule has 0 aliphatic carbocycles. The van der Waals surface area contributed by atoms with Crippen molar-refractivity contribution in [1.29, 1.82) is 0 Å². The lowest BCUT2D eigenvalue weighted by Gasteiger charge is -2.12. The van der Waals surface area contributed by atoms with Gasteiger partial charge in [0.25, 0.3) is 5.91 Å². The Morgan fingerprint density at radius 1 is 1.08 bits per heavy atom. The SMILES string of the molecule is Cc1cccnc1-c1cc(Oc2ccc(S(C)(=O)=O)cc2)cc(C(=O)Nc2nc(CNC(C)C)cs2)c1. The van der Waals surface area contributed by atoms with Crippen molar-refractivity contribution in [2.75, 3.05) is 11.6 Å². The van der Waals surface area contributed by atoms with Crippen molar-refractivity contribution in [3.8, 4) is 22.8 Å². The van der Waals surface area contributed by atoms with Crippen molar-refractivity contribution in [2.45, 2.75) is 38.3 Å². The van der Waals surface area contributed by atoms with Crippen LogP contribution >= 0.6 is 11.3 Å². The summed E-state index contributed by atoms with van der Waals surface area (Å²) in [5.41, 5.74) is 3.63. The molecule has 8 nitrogen and oxygen atoms in total. The molecular formula is C27H28N4O4S2. The van der Waals surface area contributed by atoms with E-state index in [4.69, 9.17) is 4.74 Å². The van der Waals surface area contributed by atoms with Crippen molar-refractivity contribution in [3.05, 3.63) is 83.0 Å². The molecule has 0 atom stereocenters. The van der Waals surface area contributed by atoms with Crippen LogP contribution in [0.3, 0.4) is 0 Å². The smallest absolute Gasteiger partial charge is 0.257 e. The average molecular weight is 537 g/mol. The number of aryl methyl sites for hydroxylation is 1. The number of amides is 1. The van der Waals surface area contributed by atoms with Crippen LogP contribution in [-0.4, -0.2) is 36.6 Å². The van der Waals surface area contributed by atoms with Crippen LogP contribution in [0.15, 0.2) is 71.1 Å². The van der Waals surface area contributed by atoms with Gasteiger partial charge in [0.05, 0.1) is 16.3 Å². The van der Waals surface area contributed by atoms with Gasteiger partial charge in [-0.05, 0) is 61.0 Å². The number of carbonyl (C=O) groups is 1. The molecule has 2 aromatic heterocycles. The van der Waals surface area contributed by atoms with Crippen molar-refractivity contribution in [3.63, 3.8) is 0 Å². The minimum absolute atomic E-state index is 0.198. The van der Waals surface area contributed by atoms with Gasteiger partial charge in [-0.2, -0.15) is 0 Å². The van der Waals surface area contributed by atoms with Crippen molar-refractivity contribution in [1.82, 2.24) is 15.3 Å². The van der Waals surface area contributed by atoms with Crippen LogP contribution in [0.1, 0.15) is 35.5 Å². The van der Waals surface area contributed by atoms with E-state index in [9.17, 15) is 13.2 Å². The summed E-state index contributed by atoms with van der Waals surface area (Å²) in [6, 6.07) is 15.5. The summed E-state index contributed by atoms with van der Waals surface area (Å²) in [5, 5.41) is 8.59. The largest absolute Gasteiger partial charge is 0.457 e. The van der Waals surface area contributed by atoms with Crippen molar-refractivity contribution < 1.29 is 17.9 Å². The van der Waals surface area contributed by atoms with Crippen LogP contribution < -0.4 is 15.4 Å².